The van der Waals surface area contributed by atoms with E-state index in [1.807, 2.05) is 24.3 Å². The van der Waals surface area contributed by atoms with E-state index >= 15 is 0 Å². The summed E-state index contributed by atoms with van der Waals surface area (Å²) >= 11 is 0. The van der Waals surface area contributed by atoms with Crippen LogP contribution in [0.15, 0.2) is 24.3 Å². The fraction of sp³-hybridized carbons (Fsp3) is 0.562. The summed E-state index contributed by atoms with van der Waals surface area (Å²) in [7, 11) is 3.75. The second kappa shape index (κ2) is 7.43. The molecular formula is C16H25N3O2. The number of hydrogen-bond donors (Lipinski definition) is 2. The van der Waals surface area contributed by atoms with Crippen LogP contribution in [0.1, 0.15) is 19.8 Å². The smallest absolute Gasteiger partial charge is 0.238 e. The zero-order valence-corrected chi connectivity index (χ0v) is 13.1. The van der Waals surface area contributed by atoms with Gasteiger partial charge in [-0.3, -0.25) is 9.69 Å². The number of anilines is 1. The van der Waals surface area contributed by atoms with Gasteiger partial charge < -0.3 is 15.4 Å². The van der Waals surface area contributed by atoms with Gasteiger partial charge in [-0.05, 0) is 38.9 Å². The van der Waals surface area contributed by atoms with Crippen molar-refractivity contribution in [3.63, 3.8) is 0 Å². The Morgan fingerprint density at radius 2 is 2.14 bits per heavy atom. The maximum absolute atomic E-state index is 11.9. The highest BCUT2D eigenvalue weighted by atomic mass is 16.5. The van der Waals surface area contributed by atoms with Crippen molar-refractivity contribution < 1.29 is 9.53 Å². The van der Waals surface area contributed by atoms with Crippen molar-refractivity contribution in [1.82, 2.24) is 10.2 Å². The van der Waals surface area contributed by atoms with Crippen LogP contribution in [0.4, 0.5) is 5.69 Å². The van der Waals surface area contributed by atoms with Gasteiger partial charge in [-0.25, -0.2) is 0 Å². The molecule has 0 aromatic heterocycles. The summed E-state index contributed by atoms with van der Waals surface area (Å²) in [4.78, 5) is 14.3. The molecule has 1 atom stereocenters. The molecule has 1 fully saturated rings. The maximum Gasteiger partial charge on any atom is 0.238 e. The number of nitrogens with one attached hydrogen (secondary N) is 2. The number of para-hydroxylation sites is 2. The van der Waals surface area contributed by atoms with Gasteiger partial charge in [-0.15, -0.1) is 0 Å². The average Bonchev–Trinajstić information content (AvgIpc) is 3.31. The van der Waals surface area contributed by atoms with Gasteiger partial charge in [0.1, 0.15) is 5.75 Å². The van der Waals surface area contributed by atoms with E-state index in [0.29, 0.717) is 24.0 Å². The number of carbonyl (C=O) groups is 1. The molecule has 0 saturated heterocycles. The SMILES string of the molecule is COc1ccccc1NC(=O)CNCC(C)N(C)C1CC1. The van der Waals surface area contributed by atoms with E-state index in [1.165, 1.54) is 12.8 Å². The lowest BCUT2D eigenvalue weighted by Gasteiger charge is -2.24. The van der Waals surface area contributed by atoms with Crippen LogP contribution in [0.3, 0.4) is 0 Å². The Morgan fingerprint density at radius 1 is 1.43 bits per heavy atom. The summed E-state index contributed by atoms with van der Waals surface area (Å²) in [5.41, 5.74) is 0.704. The molecule has 0 spiro atoms. The standard InChI is InChI=1S/C16H25N3O2/c1-12(19(2)13-8-9-13)10-17-11-16(20)18-14-6-4-5-7-15(14)21-3/h4-7,12-13,17H,8-11H2,1-3H3,(H,18,20). The Bertz CT molecular complexity index is 474. The molecule has 1 saturated carbocycles. The minimum absolute atomic E-state index is 0.0548. The molecule has 1 amide bonds. The van der Waals surface area contributed by atoms with E-state index in [9.17, 15) is 4.79 Å². The highest BCUT2D eigenvalue weighted by molar-refractivity contribution is 5.93. The Kier molecular flexibility index (Phi) is 5.59. The number of likely N-dealkylation sites (N-methyl/N-ethyl adjacent to an activating group) is 1. The third-order valence-corrected chi connectivity index (χ3v) is 3.92. The number of carbonyl (C=O) groups excluding carboxylic acids is 1. The van der Waals surface area contributed by atoms with Gasteiger partial charge in [0.15, 0.2) is 0 Å². The van der Waals surface area contributed by atoms with Gasteiger partial charge in [0.2, 0.25) is 5.91 Å². The van der Waals surface area contributed by atoms with Crippen LogP contribution in [0.25, 0.3) is 0 Å². The molecule has 116 valence electrons. The third kappa shape index (κ3) is 4.72. The molecule has 1 aliphatic carbocycles. The summed E-state index contributed by atoms with van der Waals surface area (Å²) in [6.45, 7) is 3.30. The van der Waals surface area contributed by atoms with E-state index in [2.05, 4.69) is 29.5 Å². The first-order valence-electron chi connectivity index (χ1n) is 7.47. The predicted octanol–water partition coefficient (Wildman–Crippen LogP) is 1.71. The van der Waals surface area contributed by atoms with E-state index in [1.54, 1.807) is 7.11 Å². The number of methoxy groups -OCH3 is 1. The molecule has 5 nitrogen and oxygen atoms in total. The van der Waals surface area contributed by atoms with Crippen LogP contribution < -0.4 is 15.4 Å². The van der Waals surface area contributed by atoms with Gasteiger partial charge in [0.25, 0.3) is 0 Å². The lowest BCUT2D eigenvalue weighted by molar-refractivity contribution is -0.115. The Balaban J connectivity index is 1.72. The second-order valence-electron chi connectivity index (χ2n) is 5.63. The Morgan fingerprint density at radius 3 is 2.81 bits per heavy atom. The number of nitrogens with zero attached hydrogens (tertiary/aromatic N) is 1. The number of rotatable bonds is 8. The maximum atomic E-state index is 11.9. The first-order chi connectivity index (χ1) is 10.1. The molecule has 2 N–H and O–H groups in total. The van der Waals surface area contributed by atoms with Gasteiger partial charge in [0, 0.05) is 18.6 Å². The van der Waals surface area contributed by atoms with Crippen LogP contribution in [-0.4, -0.2) is 50.1 Å². The van der Waals surface area contributed by atoms with Crippen LogP contribution in [-0.2, 0) is 4.79 Å². The minimum Gasteiger partial charge on any atom is -0.495 e. The van der Waals surface area contributed by atoms with Gasteiger partial charge >= 0.3 is 0 Å². The summed E-state index contributed by atoms with van der Waals surface area (Å²) in [6.07, 6.45) is 2.60. The molecule has 21 heavy (non-hydrogen) atoms. The Hall–Kier alpha value is -1.59. The highest BCUT2D eigenvalue weighted by Crippen LogP contribution is 2.26. The van der Waals surface area contributed by atoms with Crippen LogP contribution in [0.2, 0.25) is 0 Å². The van der Waals surface area contributed by atoms with E-state index in [4.69, 9.17) is 4.74 Å². The molecule has 5 heteroatoms. The average molecular weight is 291 g/mol. The number of hydrogen-bond acceptors (Lipinski definition) is 4. The van der Waals surface area contributed by atoms with Crippen LogP contribution in [0, 0.1) is 0 Å². The van der Waals surface area contributed by atoms with Crippen LogP contribution in [0.5, 0.6) is 5.75 Å². The van der Waals surface area contributed by atoms with E-state index < -0.39 is 0 Å². The first kappa shape index (κ1) is 15.8. The largest absolute Gasteiger partial charge is 0.495 e. The summed E-state index contributed by atoms with van der Waals surface area (Å²) in [6, 6.07) is 8.59. The monoisotopic (exact) mass is 291 g/mol. The molecule has 0 aliphatic heterocycles. The normalized spacial score (nSPS) is 15.8. The number of benzene rings is 1. The zero-order chi connectivity index (χ0) is 15.2. The third-order valence-electron chi connectivity index (χ3n) is 3.92. The molecule has 0 radical (unpaired) electrons. The lowest BCUT2D eigenvalue weighted by Crippen LogP contribution is -2.41. The number of amides is 1. The highest BCUT2D eigenvalue weighted by Gasteiger charge is 2.28. The lowest BCUT2D eigenvalue weighted by atomic mass is 10.2. The molecule has 1 unspecified atom stereocenters. The molecule has 1 aromatic carbocycles. The minimum atomic E-state index is -0.0548. The fourth-order valence-electron chi connectivity index (χ4n) is 2.32. The van der Waals surface area contributed by atoms with Gasteiger partial charge in [-0.1, -0.05) is 12.1 Å². The van der Waals surface area contributed by atoms with E-state index in [0.717, 1.165) is 12.6 Å². The van der Waals surface area contributed by atoms with Crippen molar-refractivity contribution in [2.24, 2.45) is 0 Å². The van der Waals surface area contributed by atoms with Crippen molar-refractivity contribution >= 4 is 11.6 Å². The van der Waals surface area contributed by atoms with Crippen molar-refractivity contribution in [3.05, 3.63) is 24.3 Å². The van der Waals surface area contributed by atoms with Gasteiger partial charge in [0.05, 0.1) is 19.3 Å². The summed E-state index contributed by atoms with van der Waals surface area (Å²) in [5, 5.41) is 6.07. The molecule has 2 rings (SSSR count). The van der Waals surface area contributed by atoms with Crippen molar-refractivity contribution in [2.75, 3.05) is 32.6 Å². The van der Waals surface area contributed by atoms with Gasteiger partial charge in [-0.2, -0.15) is 0 Å². The molecule has 0 bridgehead atoms. The first-order valence-corrected chi connectivity index (χ1v) is 7.47. The second-order valence-corrected chi connectivity index (χ2v) is 5.63. The van der Waals surface area contributed by atoms with E-state index in [-0.39, 0.29) is 5.91 Å². The summed E-state index contributed by atoms with van der Waals surface area (Å²) in [5.74, 6) is 0.619. The Labute approximate surface area is 126 Å². The van der Waals surface area contributed by atoms with Crippen molar-refractivity contribution in [3.8, 4) is 5.75 Å². The fourth-order valence-corrected chi connectivity index (χ4v) is 2.32. The molecule has 0 heterocycles. The van der Waals surface area contributed by atoms with Crippen LogP contribution >= 0.6 is 0 Å². The quantitative estimate of drug-likeness (QED) is 0.765. The zero-order valence-electron chi connectivity index (χ0n) is 13.1. The molecule has 1 aliphatic rings. The summed E-state index contributed by atoms with van der Waals surface area (Å²) < 4.78 is 5.21. The number of ether oxygens (including phenoxy) is 1. The van der Waals surface area contributed by atoms with Crippen molar-refractivity contribution in [2.45, 2.75) is 31.8 Å². The molecule has 1 aromatic rings. The predicted molar refractivity (Wildman–Crippen MR) is 84.7 cm³/mol. The topological polar surface area (TPSA) is 53.6 Å². The van der Waals surface area contributed by atoms with Crippen molar-refractivity contribution in [1.29, 1.82) is 0 Å². The molecular weight excluding hydrogens is 266 g/mol.